The first-order valence-corrected chi connectivity index (χ1v) is 9.44. The fraction of sp³-hybridized carbons (Fsp3) is 0.235. The summed E-state index contributed by atoms with van der Waals surface area (Å²) in [6, 6.07) is 14.5. The van der Waals surface area contributed by atoms with Crippen LogP contribution in [0.5, 0.6) is 0 Å². The lowest BCUT2D eigenvalue weighted by Gasteiger charge is -2.06. The van der Waals surface area contributed by atoms with Crippen molar-refractivity contribution < 1.29 is 13.5 Å². The normalized spacial score (nSPS) is 25.9. The summed E-state index contributed by atoms with van der Waals surface area (Å²) in [5.41, 5.74) is -0.746. The van der Waals surface area contributed by atoms with E-state index in [9.17, 15) is 18.8 Å². The van der Waals surface area contributed by atoms with Crippen LogP contribution in [-0.4, -0.2) is 25.4 Å². The molecule has 0 aliphatic heterocycles. The Balaban J connectivity index is 2.08. The van der Waals surface area contributed by atoms with Gasteiger partial charge in [0.25, 0.3) is 0 Å². The van der Waals surface area contributed by atoms with E-state index >= 15 is 0 Å². The Kier molecular flexibility index (Phi) is 4.35. The van der Waals surface area contributed by atoms with Gasteiger partial charge in [-0.1, -0.05) is 35.3 Å². The summed E-state index contributed by atoms with van der Waals surface area (Å²) in [6.45, 7) is -0.543. The lowest BCUT2D eigenvalue weighted by molar-refractivity contribution is 0.242. The van der Waals surface area contributed by atoms with Crippen molar-refractivity contribution in [2.45, 2.75) is 16.1 Å². The molecule has 1 aliphatic carbocycles. The van der Waals surface area contributed by atoms with Gasteiger partial charge in [0, 0.05) is 16.0 Å². The van der Waals surface area contributed by atoms with Crippen LogP contribution in [0.25, 0.3) is 0 Å². The Hall–Kier alpha value is -1.58. The van der Waals surface area contributed by atoms with Crippen LogP contribution in [0, 0.1) is 16.7 Å². The number of nitrogens with zero attached hydrogens (tertiary/aromatic N) is 1. The van der Waals surface area contributed by atoms with E-state index in [1.54, 1.807) is 24.3 Å². The van der Waals surface area contributed by atoms with E-state index in [0.717, 1.165) is 0 Å². The van der Waals surface area contributed by atoms with Gasteiger partial charge in [0.1, 0.15) is 5.41 Å². The first-order valence-electron chi connectivity index (χ1n) is 7.14. The molecule has 0 heterocycles. The first-order chi connectivity index (χ1) is 11.4. The van der Waals surface area contributed by atoms with Crippen LogP contribution in [0.1, 0.15) is 11.5 Å². The summed E-state index contributed by atoms with van der Waals surface area (Å²) >= 11 is 11.8. The van der Waals surface area contributed by atoms with E-state index in [4.69, 9.17) is 23.2 Å². The minimum atomic E-state index is -3.81. The van der Waals surface area contributed by atoms with Gasteiger partial charge in [0.15, 0.2) is 9.84 Å². The van der Waals surface area contributed by atoms with Gasteiger partial charge in [0.05, 0.1) is 22.8 Å². The summed E-state index contributed by atoms with van der Waals surface area (Å²) in [5.74, 6) is -0.633. The summed E-state index contributed by atoms with van der Waals surface area (Å²) in [4.78, 5) is 0.0782. The zero-order valence-corrected chi connectivity index (χ0v) is 14.7. The Morgan fingerprint density at radius 1 is 1.12 bits per heavy atom. The maximum Gasteiger partial charge on any atom is 0.183 e. The molecule has 7 heteroatoms. The van der Waals surface area contributed by atoms with Gasteiger partial charge in [-0.05, 0) is 42.0 Å². The Morgan fingerprint density at radius 3 is 2.33 bits per heavy atom. The van der Waals surface area contributed by atoms with Gasteiger partial charge >= 0.3 is 0 Å². The molecular formula is C17H13Cl2NO3S. The van der Waals surface area contributed by atoms with E-state index in [-0.39, 0.29) is 4.90 Å². The molecule has 1 N–H and O–H groups in total. The van der Waals surface area contributed by atoms with E-state index < -0.39 is 33.0 Å². The molecular weight excluding hydrogens is 369 g/mol. The predicted octanol–water partition coefficient (Wildman–Crippen LogP) is 3.44. The van der Waals surface area contributed by atoms with Crippen molar-refractivity contribution in [1.29, 1.82) is 5.26 Å². The molecule has 0 bridgehead atoms. The molecule has 3 rings (SSSR count). The summed E-state index contributed by atoms with van der Waals surface area (Å²) in [5, 5.41) is 19.1. The molecule has 4 nitrogen and oxygen atoms in total. The summed E-state index contributed by atoms with van der Waals surface area (Å²) in [6.07, 6.45) is 0. The second-order valence-electron chi connectivity index (χ2n) is 5.76. The van der Waals surface area contributed by atoms with Gasteiger partial charge in [-0.15, -0.1) is 0 Å². The van der Waals surface area contributed by atoms with E-state index in [1.807, 2.05) is 6.07 Å². The molecule has 1 saturated carbocycles. The molecule has 0 radical (unpaired) electrons. The number of nitriles is 1. The Morgan fingerprint density at radius 2 is 1.79 bits per heavy atom. The minimum absolute atomic E-state index is 0.0782. The van der Waals surface area contributed by atoms with Gasteiger partial charge in [-0.2, -0.15) is 5.26 Å². The number of benzene rings is 2. The molecule has 24 heavy (non-hydrogen) atoms. The molecule has 0 aromatic heterocycles. The highest BCUT2D eigenvalue weighted by Gasteiger charge is 2.72. The number of hydrogen-bond acceptors (Lipinski definition) is 4. The van der Waals surface area contributed by atoms with Gasteiger partial charge in [0.2, 0.25) is 0 Å². The smallest absolute Gasteiger partial charge is 0.183 e. The van der Waals surface area contributed by atoms with Crippen molar-refractivity contribution in [1.82, 2.24) is 0 Å². The quantitative estimate of drug-likeness (QED) is 0.879. The van der Waals surface area contributed by atoms with Crippen molar-refractivity contribution in [3.63, 3.8) is 0 Å². The zero-order valence-electron chi connectivity index (χ0n) is 12.4. The molecule has 1 aliphatic rings. The highest BCUT2D eigenvalue weighted by Crippen LogP contribution is 2.63. The lowest BCUT2D eigenvalue weighted by atomic mass is 10.0. The molecule has 3 atom stereocenters. The second-order valence-corrected chi connectivity index (χ2v) is 8.70. The SMILES string of the molecule is N#C[C@@]1(CO)[C@@H](c2cccc(Cl)c2)[C@@H]1S(=O)(=O)c1ccc(Cl)cc1. The van der Waals surface area contributed by atoms with Crippen molar-refractivity contribution in [3.8, 4) is 6.07 Å². The summed E-state index contributed by atoms with van der Waals surface area (Å²) in [7, 11) is -3.81. The fourth-order valence-electron chi connectivity index (χ4n) is 3.16. The summed E-state index contributed by atoms with van der Waals surface area (Å²) < 4.78 is 25.9. The molecule has 1 fully saturated rings. The number of sulfone groups is 1. The number of hydrogen-bond donors (Lipinski definition) is 1. The Bertz CT molecular complexity index is 922. The third-order valence-electron chi connectivity index (χ3n) is 4.41. The van der Waals surface area contributed by atoms with Gasteiger partial charge < -0.3 is 5.11 Å². The molecule has 2 aromatic carbocycles. The average molecular weight is 382 g/mol. The molecule has 0 amide bonds. The topological polar surface area (TPSA) is 78.2 Å². The minimum Gasteiger partial charge on any atom is -0.395 e. The van der Waals surface area contributed by atoms with Crippen LogP contribution in [0.4, 0.5) is 0 Å². The van der Waals surface area contributed by atoms with Crippen LogP contribution in [0.15, 0.2) is 53.4 Å². The monoisotopic (exact) mass is 381 g/mol. The molecule has 2 aromatic rings. The number of rotatable bonds is 4. The maximum absolute atomic E-state index is 13.0. The molecule has 0 spiro atoms. The standard InChI is InChI=1S/C17H13Cl2NO3S/c18-12-4-6-14(7-5-12)24(22,23)16-15(17(16,9-20)10-21)11-2-1-3-13(19)8-11/h1-8,15-16,21H,10H2/t15-,16-,17+/m0/s1. The zero-order chi connectivity index (χ0) is 17.5. The van der Waals surface area contributed by atoms with Crippen LogP contribution in [0.3, 0.4) is 0 Å². The molecule has 0 unspecified atom stereocenters. The van der Waals surface area contributed by atoms with Crippen molar-refractivity contribution in [2.75, 3.05) is 6.61 Å². The van der Waals surface area contributed by atoms with Crippen LogP contribution in [-0.2, 0) is 9.84 Å². The van der Waals surface area contributed by atoms with Crippen molar-refractivity contribution in [2.24, 2.45) is 5.41 Å². The molecule has 124 valence electrons. The van der Waals surface area contributed by atoms with Gasteiger partial charge in [-0.3, -0.25) is 0 Å². The third kappa shape index (κ3) is 2.60. The second kappa shape index (κ2) is 6.05. The lowest BCUT2D eigenvalue weighted by Crippen LogP contribution is -2.18. The van der Waals surface area contributed by atoms with Crippen LogP contribution in [0.2, 0.25) is 10.0 Å². The highest BCUT2D eigenvalue weighted by atomic mass is 35.5. The van der Waals surface area contributed by atoms with Crippen LogP contribution >= 0.6 is 23.2 Å². The predicted molar refractivity (Wildman–Crippen MR) is 91.8 cm³/mol. The Labute approximate surface area is 150 Å². The third-order valence-corrected chi connectivity index (χ3v) is 7.19. The van der Waals surface area contributed by atoms with E-state index in [2.05, 4.69) is 0 Å². The van der Waals surface area contributed by atoms with Crippen molar-refractivity contribution >= 4 is 33.0 Å². The molecule has 0 saturated heterocycles. The highest BCUT2D eigenvalue weighted by molar-refractivity contribution is 7.92. The van der Waals surface area contributed by atoms with Gasteiger partial charge in [-0.25, -0.2) is 8.42 Å². The largest absolute Gasteiger partial charge is 0.395 e. The first kappa shape index (κ1) is 17.2. The number of halogens is 2. The van der Waals surface area contributed by atoms with E-state index in [1.165, 1.54) is 24.3 Å². The number of aliphatic hydroxyl groups is 1. The van der Waals surface area contributed by atoms with E-state index in [0.29, 0.717) is 15.6 Å². The van der Waals surface area contributed by atoms with Crippen LogP contribution < -0.4 is 0 Å². The number of aliphatic hydroxyl groups excluding tert-OH is 1. The average Bonchev–Trinajstić information content (AvgIpc) is 3.26. The van der Waals surface area contributed by atoms with Crippen molar-refractivity contribution in [3.05, 3.63) is 64.1 Å². The fourth-order valence-corrected chi connectivity index (χ4v) is 5.80. The maximum atomic E-state index is 13.0.